The predicted octanol–water partition coefficient (Wildman–Crippen LogP) is 4.86. The summed E-state index contributed by atoms with van der Waals surface area (Å²) in [7, 11) is 1.62. The lowest BCUT2D eigenvalue weighted by Crippen LogP contribution is -2.12. The number of hydrogen-bond donors (Lipinski definition) is 1. The molecule has 0 spiro atoms. The maximum atomic E-state index is 6.33. The average molecular weight is 391 g/mol. The largest absolute Gasteiger partial charge is 0.493 e. The molecule has 0 radical (unpaired) electrons. The van der Waals surface area contributed by atoms with E-state index in [4.69, 9.17) is 21.1 Å². The molecule has 0 saturated heterocycles. The highest BCUT2D eigenvalue weighted by Gasteiger charge is 2.12. The highest BCUT2D eigenvalue weighted by Crippen LogP contribution is 2.37. The molecule has 1 N–H and O–H groups in total. The number of ether oxygens (including phenoxy) is 2. The fourth-order valence-corrected chi connectivity index (χ4v) is 3.54. The Labute approximate surface area is 142 Å². The van der Waals surface area contributed by atoms with Crippen LogP contribution >= 0.6 is 38.9 Å². The number of hydrogen-bond acceptors (Lipinski definition) is 4. The van der Waals surface area contributed by atoms with Crippen molar-refractivity contribution in [1.29, 1.82) is 0 Å². The predicted molar refractivity (Wildman–Crippen MR) is 91.7 cm³/mol. The first kappa shape index (κ1) is 16.6. The molecule has 2 aromatic rings. The van der Waals surface area contributed by atoms with Gasteiger partial charge in [-0.05, 0) is 52.3 Å². The monoisotopic (exact) mass is 389 g/mol. The van der Waals surface area contributed by atoms with Gasteiger partial charge in [0.15, 0.2) is 11.5 Å². The molecule has 2 rings (SSSR count). The van der Waals surface area contributed by atoms with Gasteiger partial charge in [-0.15, -0.1) is 11.3 Å². The summed E-state index contributed by atoms with van der Waals surface area (Å²) in [5.41, 5.74) is 1.07. The van der Waals surface area contributed by atoms with Crippen LogP contribution < -0.4 is 14.8 Å². The summed E-state index contributed by atoms with van der Waals surface area (Å²) < 4.78 is 12.3. The molecule has 21 heavy (non-hydrogen) atoms. The Hall–Kier alpha value is -0.750. The van der Waals surface area contributed by atoms with Gasteiger partial charge in [0.25, 0.3) is 0 Å². The summed E-state index contributed by atoms with van der Waals surface area (Å²) in [4.78, 5) is 1.12. The van der Waals surface area contributed by atoms with Crippen LogP contribution in [0.3, 0.4) is 0 Å². The highest BCUT2D eigenvalue weighted by molar-refractivity contribution is 9.11. The summed E-state index contributed by atoms with van der Waals surface area (Å²) in [5.74, 6) is 1.25. The number of thiophene rings is 1. The Kier molecular flexibility index (Phi) is 6.36. The quantitative estimate of drug-likeness (QED) is 0.732. The van der Waals surface area contributed by atoms with Crippen molar-refractivity contribution in [3.8, 4) is 11.5 Å². The van der Waals surface area contributed by atoms with Crippen molar-refractivity contribution in [3.05, 3.63) is 43.5 Å². The molecule has 1 aromatic carbocycles. The second-order valence-corrected chi connectivity index (χ2v) is 7.34. The fraction of sp³-hybridized carbons (Fsp3) is 0.333. The van der Waals surface area contributed by atoms with Crippen LogP contribution in [0.15, 0.2) is 28.1 Å². The molecule has 0 unspecified atom stereocenters. The molecule has 3 nitrogen and oxygen atoms in total. The first-order valence-corrected chi connectivity index (χ1v) is 8.57. The van der Waals surface area contributed by atoms with Crippen molar-refractivity contribution in [1.82, 2.24) is 5.32 Å². The minimum atomic E-state index is 0.471. The van der Waals surface area contributed by atoms with Crippen molar-refractivity contribution >= 4 is 38.9 Å². The lowest BCUT2D eigenvalue weighted by molar-refractivity contribution is 0.287. The summed E-state index contributed by atoms with van der Waals surface area (Å²) in [6, 6.07) is 7.89. The minimum Gasteiger partial charge on any atom is -0.493 e. The molecule has 0 aliphatic carbocycles. The van der Waals surface area contributed by atoms with Crippen molar-refractivity contribution in [2.45, 2.75) is 20.1 Å². The van der Waals surface area contributed by atoms with Crippen molar-refractivity contribution in [3.63, 3.8) is 0 Å². The molecule has 1 heterocycles. The number of rotatable bonds is 7. The van der Waals surface area contributed by atoms with E-state index in [2.05, 4.69) is 28.2 Å². The van der Waals surface area contributed by atoms with Gasteiger partial charge in [0.05, 0.1) is 15.9 Å². The van der Waals surface area contributed by atoms with Crippen LogP contribution in [0.25, 0.3) is 0 Å². The van der Waals surface area contributed by atoms with Gasteiger partial charge in [-0.1, -0.05) is 18.5 Å². The smallest absolute Gasteiger partial charge is 0.180 e. The van der Waals surface area contributed by atoms with Gasteiger partial charge in [0.1, 0.15) is 6.61 Å². The number of halogens is 2. The van der Waals surface area contributed by atoms with Crippen LogP contribution in [-0.2, 0) is 13.2 Å². The highest BCUT2D eigenvalue weighted by atomic mass is 79.9. The zero-order chi connectivity index (χ0) is 15.2. The van der Waals surface area contributed by atoms with Crippen LogP contribution in [0.4, 0.5) is 0 Å². The molecule has 6 heteroatoms. The van der Waals surface area contributed by atoms with Gasteiger partial charge in [-0.25, -0.2) is 0 Å². The van der Waals surface area contributed by atoms with Crippen molar-refractivity contribution in [2.24, 2.45) is 0 Å². The molecule has 0 fully saturated rings. The topological polar surface area (TPSA) is 30.5 Å². The maximum absolute atomic E-state index is 6.33. The molecule has 114 valence electrons. The third-order valence-electron chi connectivity index (χ3n) is 2.86. The number of benzene rings is 1. The SMILES string of the molecule is CCNCc1cc(Cl)c(OCc2ccc(Br)s2)c(OC)c1. The molecule has 0 atom stereocenters. The maximum Gasteiger partial charge on any atom is 0.180 e. The summed E-state index contributed by atoms with van der Waals surface area (Å²) in [6.45, 7) is 4.20. The Bertz CT molecular complexity index is 603. The Morgan fingerprint density at radius 1 is 1.33 bits per heavy atom. The van der Waals surface area contributed by atoms with Gasteiger partial charge < -0.3 is 14.8 Å². The van der Waals surface area contributed by atoms with E-state index in [1.54, 1.807) is 18.4 Å². The molecule has 1 aromatic heterocycles. The fourth-order valence-electron chi connectivity index (χ4n) is 1.86. The Morgan fingerprint density at radius 2 is 2.14 bits per heavy atom. The zero-order valence-electron chi connectivity index (χ0n) is 11.9. The molecule has 0 bridgehead atoms. The molecule has 0 saturated carbocycles. The Balaban J connectivity index is 2.14. The molecular formula is C15H17BrClNO2S. The zero-order valence-corrected chi connectivity index (χ0v) is 15.1. The van der Waals surface area contributed by atoms with E-state index < -0.39 is 0 Å². The van der Waals surface area contributed by atoms with Gasteiger partial charge >= 0.3 is 0 Å². The van der Waals surface area contributed by atoms with Crippen LogP contribution in [0, 0.1) is 0 Å². The standard InChI is InChI=1S/C15H17BrClNO2S/c1-3-18-8-10-6-12(17)15(13(7-10)19-2)20-9-11-4-5-14(16)21-11/h4-7,18H,3,8-9H2,1-2H3. The van der Waals surface area contributed by atoms with E-state index in [1.807, 2.05) is 24.3 Å². The van der Waals surface area contributed by atoms with Crippen LogP contribution in [0.1, 0.15) is 17.4 Å². The first-order chi connectivity index (χ1) is 10.1. The lowest BCUT2D eigenvalue weighted by atomic mass is 10.2. The van der Waals surface area contributed by atoms with E-state index in [0.29, 0.717) is 23.1 Å². The van der Waals surface area contributed by atoms with Gasteiger partial charge in [-0.3, -0.25) is 0 Å². The van der Waals surface area contributed by atoms with E-state index >= 15 is 0 Å². The van der Waals surface area contributed by atoms with Crippen LogP contribution in [0.5, 0.6) is 11.5 Å². The third kappa shape index (κ3) is 4.61. The van der Waals surface area contributed by atoms with E-state index in [1.165, 1.54) is 0 Å². The Morgan fingerprint density at radius 3 is 2.76 bits per heavy atom. The van der Waals surface area contributed by atoms with E-state index in [-0.39, 0.29) is 0 Å². The molecule has 0 aliphatic rings. The lowest BCUT2D eigenvalue weighted by Gasteiger charge is -2.14. The van der Waals surface area contributed by atoms with Crippen molar-refractivity contribution < 1.29 is 9.47 Å². The molecule has 0 amide bonds. The second kappa shape index (κ2) is 8.03. The normalized spacial score (nSPS) is 10.7. The summed E-state index contributed by atoms with van der Waals surface area (Å²) in [5, 5.41) is 3.83. The first-order valence-electron chi connectivity index (χ1n) is 6.58. The molecule has 0 aliphatic heterocycles. The van der Waals surface area contributed by atoms with Crippen LogP contribution in [-0.4, -0.2) is 13.7 Å². The van der Waals surface area contributed by atoms with Gasteiger partial charge in [-0.2, -0.15) is 0 Å². The van der Waals surface area contributed by atoms with Crippen LogP contribution in [0.2, 0.25) is 5.02 Å². The van der Waals surface area contributed by atoms with Crippen molar-refractivity contribution in [2.75, 3.05) is 13.7 Å². The summed E-state index contributed by atoms with van der Waals surface area (Å²) >= 11 is 11.4. The second-order valence-electron chi connectivity index (χ2n) is 4.38. The van der Waals surface area contributed by atoms with E-state index in [0.717, 1.165) is 27.3 Å². The molecular weight excluding hydrogens is 374 g/mol. The van der Waals surface area contributed by atoms with Gasteiger partial charge in [0, 0.05) is 11.4 Å². The van der Waals surface area contributed by atoms with Gasteiger partial charge in [0.2, 0.25) is 0 Å². The minimum absolute atomic E-state index is 0.471. The summed E-state index contributed by atoms with van der Waals surface area (Å²) in [6.07, 6.45) is 0. The number of nitrogens with one attached hydrogen (secondary N) is 1. The number of methoxy groups -OCH3 is 1. The van der Waals surface area contributed by atoms with E-state index in [9.17, 15) is 0 Å². The average Bonchev–Trinajstić information content (AvgIpc) is 2.89. The third-order valence-corrected chi connectivity index (χ3v) is 4.73.